The highest BCUT2D eigenvalue weighted by Gasteiger charge is 2.22. The fraction of sp³-hybridized carbons (Fsp3) is 0.391. The van der Waals surface area contributed by atoms with Gasteiger partial charge in [-0.15, -0.1) is 11.3 Å². The number of hydrogen-bond acceptors (Lipinski definition) is 4. The first-order valence-electron chi connectivity index (χ1n) is 10.4. The van der Waals surface area contributed by atoms with Gasteiger partial charge in [-0.1, -0.05) is 30.3 Å². The fourth-order valence-corrected chi connectivity index (χ4v) is 4.80. The zero-order valence-electron chi connectivity index (χ0n) is 17.9. The Labute approximate surface area is 182 Å². The van der Waals surface area contributed by atoms with Crippen molar-refractivity contribution < 1.29 is 0 Å². The molecule has 0 bridgehead atoms. The zero-order chi connectivity index (χ0) is 20.9. The van der Waals surface area contributed by atoms with Crippen molar-refractivity contribution in [2.24, 2.45) is 4.99 Å². The number of benzene rings is 1. The molecular formula is C23H30N6S. The second kappa shape index (κ2) is 9.45. The summed E-state index contributed by atoms with van der Waals surface area (Å²) in [6.45, 7) is 5.99. The monoisotopic (exact) mass is 422 g/mol. The van der Waals surface area contributed by atoms with Gasteiger partial charge in [0.25, 0.3) is 0 Å². The molecule has 1 aliphatic heterocycles. The second-order valence-corrected chi connectivity index (χ2v) is 8.83. The Morgan fingerprint density at radius 3 is 2.97 bits per heavy atom. The fourth-order valence-electron chi connectivity index (χ4n) is 3.91. The number of aliphatic imine (C=N–C) groups is 1. The van der Waals surface area contributed by atoms with Gasteiger partial charge in [0.15, 0.2) is 5.96 Å². The normalized spacial score (nSPS) is 15.6. The number of aromatic amines is 1. The van der Waals surface area contributed by atoms with E-state index in [9.17, 15) is 0 Å². The van der Waals surface area contributed by atoms with Crippen LogP contribution in [0.4, 0.5) is 0 Å². The van der Waals surface area contributed by atoms with E-state index in [0.717, 1.165) is 49.1 Å². The maximum absolute atomic E-state index is 4.55. The van der Waals surface area contributed by atoms with E-state index in [2.05, 4.69) is 60.6 Å². The van der Waals surface area contributed by atoms with E-state index in [-0.39, 0.29) is 0 Å². The summed E-state index contributed by atoms with van der Waals surface area (Å²) >= 11 is 1.89. The molecule has 2 N–H and O–H groups in total. The lowest BCUT2D eigenvalue weighted by atomic mass is 10.1. The molecule has 2 aromatic heterocycles. The quantitative estimate of drug-likeness (QED) is 0.471. The van der Waals surface area contributed by atoms with Crippen molar-refractivity contribution in [3.05, 3.63) is 64.2 Å². The highest BCUT2D eigenvalue weighted by atomic mass is 32.1. The highest BCUT2D eigenvalue weighted by molar-refractivity contribution is 7.10. The zero-order valence-corrected chi connectivity index (χ0v) is 18.7. The van der Waals surface area contributed by atoms with Gasteiger partial charge < -0.3 is 15.2 Å². The molecule has 4 rings (SSSR count). The molecule has 30 heavy (non-hydrogen) atoms. The topological polar surface area (TPSA) is 59.6 Å². The minimum absolute atomic E-state index is 0.441. The SMILES string of the molecule is CN=C(NCC(C)N1CCc2sccc2C1)N(C)Cc1ncc(-c2ccccc2)[nH]1. The van der Waals surface area contributed by atoms with Gasteiger partial charge in [-0.2, -0.15) is 0 Å². The Bertz CT molecular complexity index is 977. The van der Waals surface area contributed by atoms with Crippen LogP contribution in [0.25, 0.3) is 11.3 Å². The second-order valence-electron chi connectivity index (χ2n) is 7.83. The molecule has 0 saturated carbocycles. The molecule has 1 unspecified atom stereocenters. The number of nitrogens with one attached hydrogen (secondary N) is 2. The van der Waals surface area contributed by atoms with Crippen molar-refractivity contribution in [2.75, 3.05) is 27.2 Å². The molecule has 158 valence electrons. The predicted molar refractivity (Wildman–Crippen MR) is 125 cm³/mol. The van der Waals surface area contributed by atoms with Gasteiger partial charge in [0.1, 0.15) is 5.82 Å². The van der Waals surface area contributed by atoms with E-state index in [4.69, 9.17) is 0 Å². The Hall–Kier alpha value is -2.64. The minimum Gasteiger partial charge on any atom is -0.355 e. The third-order valence-corrected chi connectivity index (χ3v) is 6.71. The third-order valence-electron chi connectivity index (χ3n) is 5.69. The first-order chi connectivity index (χ1) is 14.6. The first-order valence-corrected chi connectivity index (χ1v) is 11.3. The average Bonchev–Trinajstić information content (AvgIpc) is 3.43. The standard InChI is InChI=1S/C23H30N6S/c1-17(29-11-9-21-19(15-29)10-12-30-21)13-26-23(24-2)28(3)16-22-25-14-20(27-22)18-7-5-4-6-8-18/h4-8,10,12,14,17H,9,11,13,15-16H2,1-3H3,(H,24,26)(H,25,27). The van der Waals surface area contributed by atoms with E-state index in [1.165, 1.54) is 5.56 Å². The van der Waals surface area contributed by atoms with Gasteiger partial charge >= 0.3 is 0 Å². The maximum atomic E-state index is 4.55. The number of nitrogens with zero attached hydrogens (tertiary/aromatic N) is 4. The van der Waals surface area contributed by atoms with Crippen molar-refractivity contribution in [3.63, 3.8) is 0 Å². The number of guanidine groups is 1. The molecule has 0 saturated heterocycles. The summed E-state index contributed by atoms with van der Waals surface area (Å²) in [6, 6.07) is 13.0. The van der Waals surface area contributed by atoms with E-state index < -0.39 is 0 Å². The predicted octanol–water partition coefficient (Wildman–Crippen LogP) is 3.59. The number of rotatable bonds is 6. The molecule has 0 fully saturated rings. The summed E-state index contributed by atoms with van der Waals surface area (Å²) in [5.41, 5.74) is 3.67. The summed E-state index contributed by atoms with van der Waals surface area (Å²) in [4.78, 5) is 18.6. The lowest BCUT2D eigenvalue weighted by Gasteiger charge is -2.33. The molecule has 0 radical (unpaired) electrons. The number of imidazole rings is 1. The van der Waals surface area contributed by atoms with Gasteiger partial charge in [-0.25, -0.2) is 4.98 Å². The smallest absolute Gasteiger partial charge is 0.193 e. The van der Waals surface area contributed by atoms with Crippen LogP contribution in [0.3, 0.4) is 0 Å². The number of thiophene rings is 1. The number of fused-ring (bicyclic) bond motifs is 1. The Kier molecular flexibility index (Phi) is 6.50. The minimum atomic E-state index is 0.441. The molecule has 0 spiro atoms. The first kappa shape index (κ1) is 20.6. The van der Waals surface area contributed by atoms with Crippen LogP contribution in [-0.4, -0.2) is 59.0 Å². The lowest BCUT2D eigenvalue weighted by molar-refractivity contribution is 0.192. The lowest BCUT2D eigenvalue weighted by Crippen LogP contribution is -2.47. The molecule has 3 heterocycles. The summed E-state index contributed by atoms with van der Waals surface area (Å²) in [7, 11) is 3.88. The van der Waals surface area contributed by atoms with Crippen LogP contribution in [0.2, 0.25) is 0 Å². The molecule has 0 aliphatic carbocycles. The molecule has 1 aliphatic rings. The van der Waals surface area contributed by atoms with E-state index in [1.54, 1.807) is 4.88 Å². The third kappa shape index (κ3) is 4.74. The molecule has 3 aromatic rings. The molecule has 0 amide bonds. The molecule has 6 nitrogen and oxygen atoms in total. The van der Waals surface area contributed by atoms with Crippen molar-refractivity contribution in [1.29, 1.82) is 0 Å². The van der Waals surface area contributed by atoms with Crippen molar-refractivity contribution in [3.8, 4) is 11.3 Å². The van der Waals surface area contributed by atoms with Crippen LogP contribution in [0, 0.1) is 0 Å². The van der Waals surface area contributed by atoms with Crippen molar-refractivity contribution in [1.82, 2.24) is 25.1 Å². The Morgan fingerprint density at radius 2 is 2.17 bits per heavy atom. The highest BCUT2D eigenvalue weighted by Crippen LogP contribution is 2.25. The molecule has 1 atom stereocenters. The van der Waals surface area contributed by atoms with Crippen LogP contribution in [0.15, 0.2) is 53.0 Å². The summed E-state index contributed by atoms with van der Waals surface area (Å²) < 4.78 is 0. The van der Waals surface area contributed by atoms with Crippen LogP contribution in [-0.2, 0) is 19.5 Å². The van der Waals surface area contributed by atoms with Gasteiger partial charge in [0.05, 0.1) is 18.4 Å². The van der Waals surface area contributed by atoms with Gasteiger partial charge in [0.2, 0.25) is 0 Å². The molecular weight excluding hydrogens is 392 g/mol. The summed E-state index contributed by atoms with van der Waals surface area (Å²) in [6.07, 6.45) is 3.06. The van der Waals surface area contributed by atoms with Crippen LogP contribution < -0.4 is 5.32 Å². The van der Waals surface area contributed by atoms with E-state index in [1.807, 2.05) is 49.8 Å². The van der Waals surface area contributed by atoms with Crippen LogP contribution >= 0.6 is 11.3 Å². The average molecular weight is 423 g/mol. The van der Waals surface area contributed by atoms with Gasteiger partial charge in [0, 0.05) is 44.6 Å². The van der Waals surface area contributed by atoms with E-state index in [0.29, 0.717) is 12.6 Å². The van der Waals surface area contributed by atoms with E-state index >= 15 is 0 Å². The van der Waals surface area contributed by atoms with Crippen LogP contribution in [0.5, 0.6) is 0 Å². The summed E-state index contributed by atoms with van der Waals surface area (Å²) in [5.74, 6) is 1.81. The Balaban J connectivity index is 1.30. The largest absolute Gasteiger partial charge is 0.355 e. The number of hydrogen-bond donors (Lipinski definition) is 2. The van der Waals surface area contributed by atoms with Crippen molar-refractivity contribution in [2.45, 2.75) is 32.5 Å². The van der Waals surface area contributed by atoms with Gasteiger partial charge in [-0.05, 0) is 35.9 Å². The Morgan fingerprint density at radius 1 is 1.33 bits per heavy atom. The molecule has 1 aromatic carbocycles. The number of aromatic nitrogens is 2. The molecule has 7 heteroatoms. The van der Waals surface area contributed by atoms with Crippen LogP contribution in [0.1, 0.15) is 23.2 Å². The maximum Gasteiger partial charge on any atom is 0.193 e. The summed E-state index contributed by atoms with van der Waals surface area (Å²) in [5, 5.41) is 5.75. The van der Waals surface area contributed by atoms with Crippen molar-refractivity contribution >= 4 is 17.3 Å². The van der Waals surface area contributed by atoms with Gasteiger partial charge in [-0.3, -0.25) is 9.89 Å². The number of H-pyrrole nitrogens is 1.